The smallest absolute Gasteiger partial charge is 0.115 e. The van der Waals surface area contributed by atoms with Crippen molar-refractivity contribution in [3.8, 4) is 0 Å². The van der Waals surface area contributed by atoms with Crippen molar-refractivity contribution in [2.24, 2.45) is 0 Å². The molecule has 0 spiro atoms. The number of hydrogen-bond donors (Lipinski definition) is 2. The summed E-state index contributed by atoms with van der Waals surface area (Å²) in [5, 5.41) is 19.2. The molecule has 0 fully saturated rings. The van der Waals surface area contributed by atoms with Crippen LogP contribution in [0.3, 0.4) is 0 Å². The maximum absolute atomic E-state index is 8.77. The van der Waals surface area contributed by atoms with Crippen LogP contribution >= 0.6 is 11.3 Å². The first-order chi connectivity index (χ1) is 7.79. The predicted octanol–water partition coefficient (Wildman–Crippen LogP) is 1.50. The van der Waals surface area contributed by atoms with E-state index in [0.29, 0.717) is 6.54 Å². The molecule has 0 saturated heterocycles. The lowest BCUT2D eigenvalue weighted by molar-refractivity contribution is 0.269. The highest BCUT2D eigenvalue weighted by atomic mass is 32.1. The fraction of sp³-hybridized carbons (Fsp3) is 0.400. The van der Waals surface area contributed by atoms with Crippen molar-refractivity contribution in [1.29, 1.82) is 0 Å². The van der Waals surface area contributed by atoms with E-state index >= 15 is 0 Å². The molecule has 0 bridgehead atoms. The molecule has 0 aliphatic carbocycles. The van der Waals surface area contributed by atoms with Gasteiger partial charge in [0.25, 0.3) is 0 Å². The summed E-state index contributed by atoms with van der Waals surface area (Å²) in [5.41, 5.74) is 0.941. The second-order valence-electron chi connectivity index (χ2n) is 3.45. The summed E-state index contributed by atoms with van der Waals surface area (Å²) in [5.74, 6) is 0. The number of thiazole rings is 1. The van der Waals surface area contributed by atoms with Crippen LogP contribution in [0, 0.1) is 0 Å². The molecule has 0 radical (unpaired) electrons. The predicted molar refractivity (Wildman–Crippen MR) is 63.5 cm³/mol. The Labute approximate surface area is 97.8 Å². The fourth-order valence-electron chi connectivity index (χ4n) is 1.42. The van der Waals surface area contributed by atoms with E-state index in [1.54, 1.807) is 28.4 Å². The van der Waals surface area contributed by atoms with Crippen LogP contribution in [0.15, 0.2) is 24.0 Å². The SMILES string of the molecule is CC(Nc1cnn(CCO)c1)c1nccs1. The Hall–Kier alpha value is -1.40. The summed E-state index contributed by atoms with van der Waals surface area (Å²) in [6, 6.07) is 0.173. The highest BCUT2D eigenvalue weighted by Gasteiger charge is 2.08. The molecule has 5 nitrogen and oxygen atoms in total. The number of aliphatic hydroxyl groups excluding tert-OH is 1. The first-order valence-corrected chi connectivity index (χ1v) is 5.97. The van der Waals surface area contributed by atoms with E-state index in [1.807, 2.05) is 11.6 Å². The minimum Gasteiger partial charge on any atom is -0.394 e. The Morgan fingerprint density at radius 3 is 3.19 bits per heavy atom. The van der Waals surface area contributed by atoms with E-state index in [9.17, 15) is 0 Å². The molecule has 2 heterocycles. The average molecular weight is 238 g/mol. The highest BCUT2D eigenvalue weighted by Crippen LogP contribution is 2.20. The first kappa shape index (κ1) is 11.1. The number of anilines is 1. The van der Waals surface area contributed by atoms with Gasteiger partial charge in [-0.2, -0.15) is 5.10 Å². The zero-order valence-corrected chi connectivity index (χ0v) is 9.81. The van der Waals surface area contributed by atoms with E-state index < -0.39 is 0 Å². The maximum Gasteiger partial charge on any atom is 0.115 e. The number of nitrogens with zero attached hydrogens (tertiary/aromatic N) is 3. The van der Waals surface area contributed by atoms with Crippen molar-refractivity contribution in [1.82, 2.24) is 14.8 Å². The first-order valence-electron chi connectivity index (χ1n) is 5.09. The van der Waals surface area contributed by atoms with Gasteiger partial charge >= 0.3 is 0 Å². The third-order valence-corrected chi connectivity index (χ3v) is 3.13. The van der Waals surface area contributed by atoms with E-state index in [-0.39, 0.29) is 12.6 Å². The quantitative estimate of drug-likeness (QED) is 0.828. The van der Waals surface area contributed by atoms with Gasteiger partial charge in [0.2, 0.25) is 0 Å². The number of aliphatic hydroxyl groups is 1. The summed E-state index contributed by atoms with van der Waals surface area (Å²) < 4.78 is 1.71. The monoisotopic (exact) mass is 238 g/mol. The van der Waals surface area contributed by atoms with Gasteiger partial charge < -0.3 is 10.4 Å². The van der Waals surface area contributed by atoms with Gasteiger partial charge in [-0.1, -0.05) is 0 Å². The molecule has 0 saturated carbocycles. The van der Waals surface area contributed by atoms with Crippen molar-refractivity contribution < 1.29 is 5.11 Å². The lowest BCUT2D eigenvalue weighted by Crippen LogP contribution is -2.05. The van der Waals surface area contributed by atoms with Gasteiger partial charge in [-0.15, -0.1) is 11.3 Å². The Morgan fingerprint density at radius 1 is 1.62 bits per heavy atom. The molecule has 1 unspecified atom stereocenters. The minimum atomic E-state index is 0.100. The Morgan fingerprint density at radius 2 is 2.50 bits per heavy atom. The second kappa shape index (κ2) is 5.09. The van der Waals surface area contributed by atoms with Crippen molar-refractivity contribution in [2.45, 2.75) is 19.5 Å². The number of nitrogens with one attached hydrogen (secondary N) is 1. The normalized spacial score (nSPS) is 12.6. The van der Waals surface area contributed by atoms with Crippen LogP contribution in [0.25, 0.3) is 0 Å². The van der Waals surface area contributed by atoms with E-state index in [0.717, 1.165) is 10.7 Å². The molecule has 86 valence electrons. The van der Waals surface area contributed by atoms with Crippen LogP contribution in [0.4, 0.5) is 5.69 Å². The minimum absolute atomic E-state index is 0.100. The molecule has 0 aromatic carbocycles. The van der Waals surface area contributed by atoms with Crippen LogP contribution in [0.5, 0.6) is 0 Å². The molecule has 2 aromatic heterocycles. The van der Waals surface area contributed by atoms with Crippen LogP contribution in [0.2, 0.25) is 0 Å². The van der Waals surface area contributed by atoms with Crippen molar-refractivity contribution in [3.63, 3.8) is 0 Å². The van der Waals surface area contributed by atoms with Gasteiger partial charge in [0.15, 0.2) is 0 Å². The van der Waals surface area contributed by atoms with Crippen molar-refractivity contribution in [2.75, 3.05) is 11.9 Å². The third-order valence-electron chi connectivity index (χ3n) is 2.17. The summed E-state index contributed by atoms with van der Waals surface area (Å²) in [4.78, 5) is 4.24. The zero-order valence-electron chi connectivity index (χ0n) is 9.00. The van der Waals surface area contributed by atoms with Gasteiger partial charge in [0.1, 0.15) is 5.01 Å². The zero-order chi connectivity index (χ0) is 11.4. The Kier molecular flexibility index (Phi) is 3.53. The molecule has 2 rings (SSSR count). The Bertz CT molecular complexity index is 426. The number of rotatable bonds is 5. The van der Waals surface area contributed by atoms with Gasteiger partial charge in [-0.25, -0.2) is 4.98 Å². The number of aromatic nitrogens is 3. The standard InChI is InChI=1S/C10H14N4OS/c1-8(10-11-2-5-16-10)13-9-6-12-14(7-9)3-4-15/h2,5-8,13,15H,3-4H2,1H3. The van der Waals surface area contributed by atoms with Gasteiger partial charge in [-0.05, 0) is 6.92 Å². The molecule has 0 aliphatic heterocycles. The van der Waals surface area contributed by atoms with Gasteiger partial charge in [-0.3, -0.25) is 4.68 Å². The van der Waals surface area contributed by atoms with Crippen molar-refractivity contribution >= 4 is 17.0 Å². The van der Waals surface area contributed by atoms with Crippen LogP contribution in [-0.4, -0.2) is 26.5 Å². The molecule has 0 aliphatic rings. The third kappa shape index (κ3) is 2.59. The van der Waals surface area contributed by atoms with Gasteiger partial charge in [0.05, 0.1) is 31.1 Å². The molecule has 2 N–H and O–H groups in total. The van der Waals surface area contributed by atoms with Crippen molar-refractivity contribution in [3.05, 3.63) is 29.0 Å². The average Bonchev–Trinajstić information content (AvgIpc) is 2.89. The second-order valence-corrected chi connectivity index (χ2v) is 4.38. The summed E-state index contributed by atoms with van der Waals surface area (Å²) in [6.07, 6.45) is 5.42. The molecular weight excluding hydrogens is 224 g/mol. The van der Waals surface area contributed by atoms with Crippen LogP contribution in [0.1, 0.15) is 18.0 Å². The van der Waals surface area contributed by atoms with Gasteiger partial charge in [0, 0.05) is 17.8 Å². The molecule has 6 heteroatoms. The Balaban J connectivity index is 1.98. The lowest BCUT2D eigenvalue weighted by atomic mass is 10.3. The maximum atomic E-state index is 8.77. The van der Waals surface area contributed by atoms with Crippen LogP contribution < -0.4 is 5.32 Å². The lowest BCUT2D eigenvalue weighted by Gasteiger charge is -2.09. The van der Waals surface area contributed by atoms with E-state index in [4.69, 9.17) is 5.11 Å². The van der Waals surface area contributed by atoms with E-state index in [1.165, 1.54) is 0 Å². The topological polar surface area (TPSA) is 63.0 Å². The molecular formula is C10H14N4OS. The number of hydrogen-bond acceptors (Lipinski definition) is 5. The molecule has 1 atom stereocenters. The van der Waals surface area contributed by atoms with Crippen LogP contribution in [-0.2, 0) is 6.54 Å². The molecule has 0 amide bonds. The highest BCUT2D eigenvalue weighted by molar-refractivity contribution is 7.09. The fourth-order valence-corrected chi connectivity index (χ4v) is 2.07. The summed E-state index contributed by atoms with van der Waals surface area (Å²) >= 11 is 1.63. The summed E-state index contributed by atoms with van der Waals surface area (Å²) in [6.45, 7) is 2.68. The summed E-state index contributed by atoms with van der Waals surface area (Å²) in [7, 11) is 0. The molecule has 16 heavy (non-hydrogen) atoms. The molecule has 2 aromatic rings. The largest absolute Gasteiger partial charge is 0.394 e. The van der Waals surface area contributed by atoms with E-state index in [2.05, 4.69) is 22.3 Å².